The van der Waals surface area contributed by atoms with E-state index in [4.69, 9.17) is 0 Å². The van der Waals surface area contributed by atoms with Crippen LogP contribution in [0.1, 0.15) is 25.8 Å². The molecule has 2 aromatic carbocycles. The van der Waals surface area contributed by atoms with E-state index in [9.17, 15) is 9.59 Å². The molecule has 134 valence electrons. The van der Waals surface area contributed by atoms with Gasteiger partial charge in [0.15, 0.2) is 0 Å². The number of aryl methyl sites for hydroxylation is 1. The van der Waals surface area contributed by atoms with Gasteiger partial charge in [-0.1, -0.05) is 36.4 Å². The summed E-state index contributed by atoms with van der Waals surface area (Å²) < 4.78 is 0. The Bertz CT molecular complexity index is 913. The molecule has 26 heavy (non-hydrogen) atoms. The summed E-state index contributed by atoms with van der Waals surface area (Å²) in [5, 5.41) is 6.77. The molecule has 0 unspecified atom stereocenters. The van der Waals surface area contributed by atoms with E-state index in [0.29, 0.717) is 18.5 Å². The second-order valence-electron chi connectivity index (χ2n) is 6.85. The van der Waals surface area contributed by atoms with Gasteiger partial charge in [-0.25, -0.2) is 0 Å². The molecule has 0 aliphatic heterocycles. The van der Waals surface area contributed by atoms with Crippen molar-refractivity contribution in [3.05, 3.63) is 66.4 Å². The number of hydrogen-bond acceptors (Lipinski definition) is 2. The molecule has 0 saturated carbocycles. The van der Waals surface area contributed by atoms with Crippen LogP contribution in [0.5, 0.6) is 0 Å². The second kappa shape index (κ2) is 7.44. The molecule has 0 aliphatic carbocycles. The fraction of sp³-hybridized carbons (Fsp3) is 0.238. The van der Waals surface area contributed by atoms with Gasteiger partial charge in [0.1, 0.15) is 5.54 Å². The van der Waals surface area contributed by atoms with E-state index >= 15 is 0 Å². The van der Waals surface area contributed by atoms with Crippen LogP contribution in [0.4, 0.5) is 5.69 Å². The van der Waals surface area contributed by atoms with Crippen LogP contribution in [0.15, 0.2) is 60.8 Å². The van der Waals surface area contributed by atoms with Crippen molar-refractivity contribution in [2.45, 2.75) is 32.2 Å². The van der Waals surface area contributed by atoms with Gasteiger partial charge in [-0.15, -0.1) is 0 Å². The van der Waals surface area contributed by atoms with Crippen molar-refractivity contribution in [2.24, 2.45) is 0 Å². The monoisotopic (exact) mass is 349 g/mol. The van der Waals surface area contributed by atoms with Crippen molar-refractivity contribution >= 4 is 28.4 Å². The summed E-state index contributed by atoms with van der Waals surface area (Å²) in [7, 11) is 0. The Balaban J connectivity index is 1.57. The SMILES string of the molecule is CC(C)(NC(=O)CCc1c[nH]c2ccccc12)C(=O)Nc1ccccc1. The van der Waals surface area contributed by atoms with Crippen LogP contribution in [0.25, 0.3) is 10.9 Å². The molecule has 5 heteroatoms. The molecule has 3 N–H and O–H groups in total. The van der Waals surface area contributed by atoms with Gasteiger partial charge >= 0.3 is 0 Å². The number of carbonyl (C=O) groups excluding carboxylic acids is 2. The summed E-state index contributed by atoms with van der Waals surface area (Å²) in [4.78, 5) is 28.0. The molecule has 0 aliphatic rings. The van der Waals surface area contributed by atoms with Crippen molar-refractivity contribution in [3.8, 4) is 0 Å². The van der Waals surface area contributed by atoms with Crippen LogP contribution in [0.3, 0.4) is 0 Å². The lowest BCUT2D eigenvalue weighted by molar-refractivity contribution is -0.129. The van der Waals surface area contributed by atoms with Crippen molar-refractivity contribution in [1.82, 2.24) is 10.3 Å². The number of hydrogen-bond donors (Lipinski definition) is 3. The van der Waals surface area contributed by atoms with Crippen LogP contribution >= 0.6 is 0 Å². The van der Waals surface area contributed by atoms with Crippen LogP contribution in [0.2, 0.25) is 0 Å². The van der Waals surface area contributed by atoms with E-state index in [1.807, 2.05) is 60.8 Å². The fourth-order valence-corrected chi connectivity index (χ4v) is 2.86. The van der Waals surface area contributed by atoms with Crippen LogP contribution in [-0.4, -0.2) is 22.3 Å². The Hall–Kier alpha value is -3.08. The molecule has 3 rings (SSSR count). The minimum absolute atomic E-state index is 0.150. The van der Waals surface area contributed by atoms with E-state index < -0.39 is 5.54 Å². The summed E-state index contributed by atoms with van der Waals surface area (Å²) in [5.41, 5.74) is 1.87. The normalized spacial score (nSPS) is 11.3. The molecular weight excluding hydrogens is 326 g/mol. The standard InChI is InChI=1S/C21H23N3O2/c1-21(2,20(26)23-16-8-4-3-5-9-16)24-19(25)13-12-15-14-22-18-11-7-6-10-17(15)18/h3-11,14,22H,12-13H2,1-2H3,(H,23,26)(H,24,25). The first-order valence-corrected chi connectivity index (χ1v) is 8.68. The zero-order valence-corrected chi connectivity index (χ0v) is 15.0. The zero-order valence-electron chi connectivity index (χ0n) is 15.0. The van der Waals surface area contributed by atoms with Gasteiger partial charge in [0.05, 0.1) is 0 Å². The smallest absolute Gasteiger partial charge is 0.249 e. The highest BCUT2D eigenvalue weighted by Gasteiger charge is 2.29. The van der Waals surface area contributed by atoms with Crippen LogP contribution in [0, 0.1) is 0 Å². The van der Waals surface area contributed by atoms with Crippen molar-refractivity contribution in [3.63, 3.8) is 0 Å². The third-order valence-corrected chi connectivity index (χ3v) is 4.35. The van der Waals surface area contributed by atoms with Gasteiger partial charge in [0, 0.05) is 29.2 Å². The Labute approximate surface area is 152 Å². The largest absolute Gasteiger partial charge is 0.361 e. The summed E-state index contributed by atoms with van der Waals surface area (Å²) >= 11 is 0. The maximum Gasteiger partial charge on any atom is 0.249 e. The van der Waals surface area contributed by atoms with Crippen molar-refractivity contribution < 1.29 is 9.59 Å². The zero-order chi connectivity index (χ0) is 18.6. The van der Waals surface area contributed by atoms with E-state index in [0.717, 1.165) is 16.5 Å². The molecule has 0 bridgehead atoms. The fourth-order valence-electron chi connectivity index (χ4n) is 2.86. The number of nitrogens with one attached hydrogen (secondary N) is 3. The maximum atomic E-state index is 12.4. The number of amides is 2. The van der Waals surface area contributed by atoms with Crippen LogP contribution in [-0.2, 0) is 16.0 Å². The first kappa shape index (κ1) is 17.7. The first-order chi connectivity index (χ1) is 12.5. The first-order valence-electron chi connectivity index (χ1n) is 8.68. The lowest BCUT2D eigenvalue weighted by Crippen LogP contribution is -2.52. The van der Waals surface area contributed by atoms with Crippen molar-refractivity contribution in [1.29, 1.82) is 0 Å². The van der Waals surface area contributed by atoms with Crippen molar-refractivity contribution in [2.75, 3.05) is 5.32 Å². The van der Waals surface area contributed by atoms with E-state index in [1.165, 1.54) is 0 Å². The Morgan fingerprint density at radius 3 is 2.46 bits per heavy atom. The number of carbonyl (C=O) groups is 2. The molecule has 5 nitrogen and oxygen atoms in total. The number of anilines is 1. The highest BCUT2D eigenvalue weighted by atomic mass is 16.2. The van der Waals surface area contributed by atoms with Gasteiger partial charge in [-0.05, 0) is 44.0 Å². The number of para-hydroxylation sites is 2. The quantitative estimate of drug-likeness (QED) is 0.636. The number of rotatable bonds is 6. The Morgan fingerprint density at radius 1 is 1.00 bits per heavy atom. The average Bonchev–Trinajstić information content (AvgIpc) is 3.03. The van der Waals surface area contributed by atoms with Gasteiger partial charge in [0.25, 0.3) is 0 Å². The lowest BCUT2D eigenvalue weighted by atomic mass is 10.0. The van der Waals surface area contributed by atoms with Gasteiger partial charge in [-0.3, -0.25) is 9.59 Å². The van der Waals surface area contributed by atoms with Gasteiger partial charge in [-0.2, -0.15) is 0 Å². The molecule has 0 fully saturated rings. The molecule has 3 aromatic rings. The summed E-state index contributed by atoms with van der Waals surface area (Å²) in [6, 6.07) is 17.2. The average molecular weight is 349 g/mol. The summed E-state index contributed by atoms with van der Waals surface area (Å²) in [6.45, 7) is 3.41. The minimum Gasteiger partial charge on any atom is -0.361 e. The molecule has 0 radical (unpaired) electrons. The molecule has 1 aromatic heterocycles. The third-order valence-electron chi connectivity index (χ3n) is 4.35. The topological polar surface area (TPSA) is 74.0 Å². The number of fused-ring (bicyclic) bond motifs is 1. The molecule has 0 spiro atoms. The Kier molecular flexibility index (Phi) is 5.07. The predicted molar refractivity (Wildman–Crippen MR) is 104 cm³/mol. The summed E-state index contributed by atoms with van der Waals surface area (Å²) in [6.07, 6.45) is 2.88. The molecular formula is C21H23N3O2. The third kappa shape index (κ3) is 4.11. The van der Waals surface area contributed by atoms with E-state index in [-0.39, 0.29) is 11.8 Å². The number of aromatic nitrogens is 1. The second-order valence-corrected chi connectivity index (χ2v) is 6.85. The Morgan fingerprint density at radius 2 is 1.69 bits per heavy atom. The minimum atomic E-state index is -0.993. The van der Waals surface area contributed by atoms with Crippen LogP contribution < -0.4 is 10.6 Å². The van der Waals surface area contributed by atoms with Gasteiger partial charge < -0.3 is 15.6 Å². The summed E-state index contributed by atoms with van der Waals surface area (Å²) in [5.74, 6) is -0.396. The number of H-pyrrole nitrogens is 1. The number of benzene rings is 2. The molecule has 1 heterocycles. The maximum absolute atomic E-state index is 12.4. The van der Waals surface area contributed by atoms with Gasteiger partial charge in [0.2, 0.25) is 11.8 Å². The molecule has 0 saturated heterocycles. The molecule has 2 amide bonds. The van der Waals surface area contributed by atoms with E-state index in [1.54, 1.807) is 13.8 Å². The predicted octanol–water partition coefficient (Wildman–Crippen LogP) is 3.63. The lowest BCUT2D eigenvalue weighted by Gasteiger charge is -2.25. The van der Waals surface area contributed by atoms with E-state index in [2.05, 4.69) is 15.6 Å². The highest BCUT2D eigenvalue weighted by molar-refractivity contribution is 6.00. The number of aromatic amines is 1. The molecule has 0 atom stereocenters. The highest BCUT2D eigenvalue weighted by Crippen LogP contribution is 2.19.